The standard InChI is InChI=1S/C36H57N5O7/c1-24(2)33(37)29(34(38)47-20-13-28-22-30(44)25(3)31(23-43)48-28)21-27-11-9-26(10-12-27)7-6-8-32(45)39-36(4,5)35(46)41-16-14-40(15-17-41)18-19-42/h9-12,24,28,30-31,38,42-44H,3,6-8,13-23,37H2,1-2,4-5H3,(H,39,45)/b33-29-,38-34?/t28-,30+,31+/m0/s1. The Morgan fingerprint density at radius 1 is 1.15 bits per heavy atom. The first kappa shape index (κ1) is 39.2. The van der Waals surface area contributed by atoms with E-state index in [0.29, 0.717) is 88.1 Å². The van der Waals surface area contributed by atoms with Gasteiger partial charge in [0, 0.05) is 69.7 Å². The molecular weight excluding hydrogens is 614 g/mol. The van der Waals surface area contributed by atoms with Crippen LogP contribution in [0.3, 0.4) is 0 Å². The maximum atomic E-state index is 13.1. The Morgan fingerprint density at radius 3 is 2.40 bits per heavy atom. The molecular formula is C36H57N5O7. The van der Waals surface area contributed by atoms with Crippen molar-refractivity contribution < 1.29 is 34.4 Å². The molecule has 1 aromatic carbocycles. The minimum atomic E-state index is -0.997. The molecule has 0 aromatic heterocycles. The van der Waals surface area contributed by atoms with E-state index >= 15 is 0 Å². The molecule has 2 fully saturated rings. The molecule has 0 radical (unpaired) electrons. The lowest BCUT2D eigenvalue weighted by Crippen LogP contribution is -2.59. The van der Waals surface area contributed by atoms with E-state index in [4.69, 9.17) is 25.7 Å². The fraction of sp³-hybridized carbons (Fsp3) is 0.639. The van der Waals surface area contributed by atoms with E-state index in [2.05, 4.69) is 16.8 Å². The van der Waals surface area contributed by atoms with Gasteiger partial charge in [0.05, 0.1) is 32.0 Å². The predicted molar refractivity (Wildman–Crippen MR) is 185 cm³/mol. The van der Waals surface area contributed by atoms with E-state index in [1.54, 1.807) is 18.7 Å². The number of hydrogen-bond acceptors (Lipinski definition) is 10. The van der Waals surface area contributed by atoms with Crippen LogP contribution in [-0.4, -0.2) is 119 Å². The fourth-order valence-electron chi connectivity index (χ4n) is 6.03. The number of rotatable bonds is 16. The van der Waals surface area contributed by atoms with Crippen LogP contribution in [0.15, 0.2) is 47.7 Å². The highest BCUT2D eigenvalue weighted by molar-refractivity contribution is 5.92. The summed E-state index contributed by atoms with van der Waals surface area (Å²) in [7, 11) is 0. The Balaban J connectivity index is 1.46. The van der Waals surface area contributed by atoms with Crippen molar-refractivity contribution in [3.8, 4) is 0 Å². The second-order valence-corrected chi connectivity index (χ2v) is 13.7. The Morgan fingerprint density at radius 2 is 1.79 bits per heavy atom. The average molecular weight is 672 g/mol. The highest BCUT2D eigenvalue weighted by Crippen LogP contribution is 2.26. The molecule has 1 aromatic rings. The van der Waals surface area contributed by atoms with Gasteiger partial charge in [-0.2, -0.15) is 0 Å². The molecule has 12 heteroatoms. The largest absolute Gasteiger partial charge is 0.478 e. The molecule has 0 spiro atoms. The van der Waals surface area contributed by atoms with E-state index in [9.17, 15) is 19.8 Å². The molecule has 0 aliphatic carbocycles. The van der Waals surface area contributed by atoms with Crippen molar-refractivity contribution in [3.05, 3.63) is 58.8 Å². The van der Waals surface area contributed by atoms with Crippen LogP contribution in [0.2, 0.25) is 0 Å². The van der Waals surface area contributed by atoms with Gasteiger partial charge >= 0.3 is 0 Å². The highest BCUT2D eigenvalue weighted by atomic mass is 16.5. The normalized spacial score (nSPS) is 21.2. The quantitative estimate of drug-likeness (QED) is 0.0869. The van der Waals surface area contributed by atoms with E-state index in [0.717, 1.165) is 11.1 Å². The van der Waals surface area contributed by atoms with E-state index < -0.39 is 17.7 Å². The van der Waals surface area contributed by atoms with Crippen LogP contribution in [0.5, 0.6) is 0 Å². The summed E-state index contributed by atoms with van der Waals surface area (Å²) in [6, 6.07) is 8.03. The van der Waals surface area contributed by atoms with Gasteiger partial charge in [0.15, 0.2) is 0 Å². The summed E-state index contributed by atoms with van der Waals surface area (Å²) in [6.07, 6.45) is 1.20. The van der Waals surface area contributed by atoms with Crippen molar-refractivity contribution in [1.29, 1.82) is 5.41 Å². The van der Waals surface area contributed by atoms with E-state index in [1.165, 1.54) is 0 Å². The highest BCUT2D eigenvalue weighted by Gasteiger charge is 2.35. The molecule has 48 heavy (non-hydrogen) atoms. The lowest BCUT2D eigenvalue weighted by atomic mass is 9.95. The fourth-order valence-corrected chi connectivity index (χ4v) is 6.03. The maximum absolute atomic E-state index is 13.1. The number of amides is 2. The number of hydrogen-bond donors (Lipinski definition) is 6. The second-order valence-electron chi connectivity index (χ2n) is 13.7. The third-order valence-electron chi connectivity index (χ3n) is 9.12. The molecule has 2 heterocycles. The smallest absolute Gasteiger partial charge is 0.247 e. The van der Waals surface area contributed by atoms with Gasteiger partial charge in [0.25, 0.3) is 0 Å². The predicted octanol–water partition coefficient (Wildman–Crippen LogP) is 1.90. The Kier molecular flexibility index (Phi) is 15.1. The lowest BCUT2D eigenvalue weighted by Gasteiger charge is -2.38. The number of piperazine rings is 1. The summed E-state index contributed by atoms with van der Waals surface area (Å²) >= 11 is 0. The van der Waals surface area contributed by atoms with Gasteiger partial charge in [0.2, 0.25) is 17.7 Å². The van der Waals surface area contributed by atoms with Crippen LogP contribution in [0.25, 0.3) is 0 Å². The number of aryl methyl sites for hydroxylation is 1. The number of aliphatic hydroxyl groups is 3. The van der Waals surface area contributed by atoms with Gasteiger partial charge in [-0.15, -0.1) is 0 Å². The van der Waals surface area contributed by atoms with Gasteiger partial charge in [-0.25, -0.2) is 0 Å². The van der Waals surface area contributed by atoms with Crippen LogP contribution in [0.1, 0.15) is 64.5 Å². The van der Waals surface area contributed by atoms with Gasteiger partial charge in [0.1, 0.15) is 11.6 Å². The molecule has 2 saturated heterocycles. The molecule has 12 nitrogen and oxygen atoms in total. The Hall–Kier alpha value is -3.29. The van der Waals surface area contributed by atoms with Crippen molar-refractivity contribution in [2.45, 2.75) is 90.1 Å². The SMILES string of the molecule is C=C1[C@H](O)C[C@H](CCOC(=N)/C(Cc2ccc(CCCC(=O)NC(C)(C)C(=O)N3CCN(CCO)CC3)cc2)=C(\N)C(C)C)O[C@@H]1CO. The van der Waals surface area contributed by atoms with Crippen LogP contribution in [0, 0.1) is 11.3 Å². The summed E-state index contributed by atoms with van der Waals surface area (Å²) in [5.74, 6) is -0.238. The summed E-state index contributed by atoms with van der Waals surface area (Å²) in [5, 5.41) is 40.4. The van der Waals surface area contributed by atoms with Gasteiger partial charge in [-0.3, -0.25) is 19.9 Å². The number of carbonyl (C=O) groups is 2. The summed E-state index contributed by atoms with van der Waals surface area (Å²) in [5.41, 5.74) is 9.16. The second kappa shape index (κ2) is 18.5. The Bertz CT molecular complexity index is 1270. The molecule has 3 rings (SSSR count). The van der Waals surface area contributed by atoms with Crippen LogP contribution < -0.4 is 11.1 Å². The number of nitrogens with zero attached hydrogens (tertiary/aromatic N) is 2. The molecule has 7 N–H and O–H groups in total. The number of nitrogens with two attached hydrogens (primary N) is 1. The van der Waals surface area contributed by atoms with Crippen LogP contribution in [0.4, 0.5) is 0 Å². The zero-order valence-corrected chi connectivity index (χ0v) is 29.2. The number of nitrogens with one attached hydrogen (secondary N) is 2. The molecule has 0 saturated carbocycles. The minimum absolute atomic E-state index is 0.00104. The van der Waals surface area contributed by atoms with Crippen molar-refractivity contribution in [2.24, 2.45) is 11.7 Å². The first-order valence-corrected chi connectivity index (χ1v) is 17.1. The monoisotopic (exact) mass is 671 g/mol. The number of allylic oxidation sites excluding steroid dienone is 1. The number of β-amino-alcohol motifs (C(OH)–C–C–N with tert-alkyl or cyclic N) is 1. The average Bonchev–Trinajstić information content (AvgIpc) is 3.05. The first-order chi connectivity index (χ1) is 22.7. The summed E-state index contributed by atoms with van der Waals surface area (Å²) in [4.78, 5) is 29.7. The molecule has 2 aliphatic rings. The molecule has 2 amide bonds. The molecule has 0 unspecified atom stereocenters. The van der Waals surface area contributed by atoms with Crippen LogP contribution in [-0.2, 0) is 31.9 Å². The number of aliphatic hydroxyl groups excluding tert-OH is 3. The number of carbonyl (C=O) groups excluding carboxylic acids is 2. The number of ether oxygens (including phenoxy) is 2. The summed E-state index contributed by atoms with van der Waals surface area (Å²) in [6.45, 7) is 14.5. The third kappa shape index (κ3) is 11.4. The lowest BCUT2D eigenvalue weighted by molar-refractivity contribution is -0.142. The minimum Gasteiger partial charge on any atom is -0.478 e. The van der Waals surface area contributed by atoms with E-state index in [-0.39, 0.29) is 49.6 Å². The van der Waals surface area contributed by atoms with Crippen molar-refractivity contribution in [2.75, 3.05) is 52.5 Å². The van der Waals surface area contributed by atoms with Gasteiger partial charge < -0.3 is 40.7 Å². The van der Waals surface area contributed by atoms with E-state index in [1.807, 2.05) is 38.1 Å². The maximum Gasteiger partial charge on any atom is 0.247 e. The first-order valence-electron chi connectivity index (χ1n) is 17.1. The third-order valence-corrected chi connectivity index (χ3v) is 9.12. The topological polar surface area (TPSA) is 182 Å². The summed E-state index contributed by atoms with van der Waals surface area (Å²) < 4.78 is 11.6. The van der Waals surface area contributed by atoms with Gasteiger partial charge in [-0.1, -0.05) is 44.7 Å². The van der Waals surface area contributed by atoms with Gasteiger partial charge in [-0.05, 0) is 49.3 Å². The molecule has 2 aliphatic heterocycles. The Labute approximate surface area is 285 Å². The van der Waals surface area contributed by atoms with Crippen molar-refractivity contribution in [3.63, 3.8) is 0 Å². The molecule has 0 bridgehead atoms. The van der Waals surface area contributed by atoms with Crippen molar-refractivity contribution in [1.82, 2.24) is 15.1 Å². The zero-order chi connectivity index (χ0) is 35.4. The van der Waals surface area contributed by atoms with Crippen LogP contribution >= 0.6 is 0 Å². The van der Waals surface area contributed by atoms with Crippen molar-refractivity contribution >= 4 is 17.7 Å². The number of benzene rings is 1. The molecule has 268 valence electrons. The zero-order valence-electron chi connectivity index (χ0n) is 29.2. The molecule has 3 atom stereocenters.